The Kier molecular flexibility index (Phi) is 4.93. The van der Waals surface area contributed by atoms with E-state index in [-0.39, 0.29) is 18.4 Å². The molecule has 0 spiro atoms. The Labute approximate surface area is 135 Å². The number of aromatic amines is 1. The van der Waals surface area contributed by atoms with Gasteiger partial charge in [-0.2, -0.15) is 5.10 Å². The number of aliphatic hydroxyl groups is 1. The minimum atomic E-state index is -0.392. The van der Waals surface area contributed by atoms with Crippen molar-refractivity contribution in [1.82, 2.24) is 15.1 Å². The quantitative estimate of drug-likeness (QED) is 0.889. The van der Waals surface area contributed by atoms with Gasteiger partial charge < -0.3 is 9.84 Å². The highest BCUT2D eigenvalue weighted by Crippen LogP contribution is 2.28. The number of aromatic nitrogens is 2. The standard InChI is InChI=1S/C17H22FN3O2/c1-23-16-6-5-12(8-15(16)18)17-13(9-19-20-17)10-21-7-3-2-4-14(21)11-22/h5-6,8-9,14,22H,2-4,7,10-11H2,1H3,(H,19,20). The number of likely N-dealkylation sites (tertiary alicyclic amines) is 1. The van der Waals surface area contributed by atoms with Crippen molar-refractivity contribution in [3.05, 3.63) is 35.8 Å². The molecule has 6 heteroatoms. The topological polar surface area (TPSA) is 61.4 Å². The van der Waals surface area contributed by atoms with Crippen LogP contribution in [0.2, 0.25) is 0 Å². The van der Waals surface area contributed by atoms with Crippen molar-refractivity contribution in [3.63, 3.8) is 0 Å². The first kappa shape index (κ1) is 16.0. The van der Waals surface area contributed by atoms with Crippen LogP contribution < -0.4 is 4.74 Å². The molecule has 1 aliphatic rings. The maximum atomic E-state index is 13.9. The summed E-state index contributed by atoms with van der Waals surface area (Å²) in [6, 6.07) is 5.08. The highest BCUT2D eigenvalue weighted by atomic mass is 19.1. The molecule has 1 aliphatic heterocycles. The largest absolute Gasteiger partial charge is 0.494 e. The van der Waals surface area contributed by atoms with Crippen LogP contribution in [0.15, 0.2) is 24.4 Å². The highest BCUT2D eigenvalue weighted by Gasteiger charge is 2.23. The van der Waals surface area contributed by atoms with Crippen LogP contribution in [0.3, 0.4) is 0 Å². The number of rotatable bonds is 5. The molecule has 0 amide bonds. The van der Waals surface area contributed by atoms with E-state index >= 15 is 0 Å². The van der Waals surface area contributed by atoms with Crippen molar-refractivity contribution < 1.29 is 14.2 Å². The maximum absolute atomic E-state index is 13.9. The van der Waals surface area contributed by atoms with Crippen molar-refractivity contribution in [1.29, 1.82) is 0 Å². The molecule has 0 radical (unpaired) electrons. The molecule has 23 heavy (non-hydrogen) atoms. The van der Waals surface area contributed by atoms with Crippen molar-refractivity contribution in [2.24, 2.45) is 0 Å². The minimum absolute atomic E-state index is 0.171. The second kappa shape index (κ2) is 7.10. The van der Waals surface area contributed by atoms with Crippen LogP contribution >= 0.6 is 0 Å². The van der Waals surface area contributed by atoms with E-state index in [0.717, 1.165) is 42.6 Å². The lowest BCUT2D eigenvalue weighted by molar-refractivity contribution is 0.0842. The predicted molar refractivity (Wildman–Crippen MR) is 85.7 cm³/mol. The van der Waals surface area contributed by atoms with Gasteiger partial charge in [0, 0.05) is 23.7 Å². The zero-order valence-electron chi connectivity index (χ0n) is 13.3. The molecule has 1 aromatic carbocycles. The SMILES string of the molecule is COc1ccc(-c2[nH]ncc2CN2CCCCC2CO)cc1F. The molecule has 1 fully saturated rings. The first-order valence-corrected chi connectivity index (χ1v) is 7.94. The van der Waals surface area contributed by atoms with Crippen molar-refractivity contribution in [2.45, 2.75) is 31.8 Å². The summed E-state index contributed by atoms with van der Waals surface area (Å²) in [6.07, 6.45) is 5.09. The fourth-order valence-electron chi connectivity index (χ4n) is 3.20. The van der Waals surface area contributed by atoms with Gasteiger partial charge in [0.2, 0.25) is 0 Å². The zero-order chi connectivity index (χ0) is 16.2. The molecule has 0 bridgehead atoms. The van der Waals surface area contributed by atoms with Crippen LogP contribution in [0.5, 0.6) is 5.75 Å². The molecule has 3 rings (SSSR count). The Hall–Kier alpha value is -1.92. The number of halogens is 1. The Morgan fingerprint density at radius 3 is 3.04 bits per heavy atom. The van der Waals surface area contributed by atoms with Gasteiger partial charge in [0.15, 0.2) is 11.6 Å². The molecule has 2 heterocycles. The molecule has 0 saturated carbocycles. The lowest BCUT2D eigenvalue weighted by Gasteiger charge is -2.34. The number of piperidine rings is 1. The van der Waals surface area contributed by atoms with Crippen molar-refractivity contribution >= 4 is 0 Å². The first-order valence-electron chi connectivity index (χ1n) is 7.94. The van der Waals surface area contributed by atoms with Crippen LogP contribution in [-0.4, -0.2) is 46.5 Å². The number of benzene rings is 1. The molecule has 1 atom stereocenters. The van der Waals surface area contributed by atoms with Gasteiger partial charge in [-0.05, 0) is 37.6 Å². The molecule has 2 aromatic rings. The van der Waals surface area contributed by atoms with E-state index in [0.29, 0.717) is 6.54 Å². The maximum Gasteiger partial charge on any atom is 0.165 e. The van der Waals surface area contributed by atoms with Crippen LogP contribution in [0.1, 0.15) is 24.8 Å². The molecular formula is C17H22FN3O2. The summed E-state index contributed by atoms with van der Waals surface area (Å²) in [7, 11) is 1.45. The summed E-state index contributed by atoms with van der Waals surface area (Å²) >= 11 is 0. The van der Waals surface area contributed by atoms with E-state index in [1.54, 1.807) is 12.3 Å². The van der Waals surface area contributed by atoms with Gasteiger partial charge in [-0.25, -0.2) is 4.39 Å². The van der Waals surface area contributed by atoms with E-state index in [1.807, 2.05) is 6.07 Å². The number of H-pyrrole nitrogens is 1. The van der Waals surface area contributed by atoms with Crippen LogP contribution in [0, 0.1) is 5.82 Å². The average Bonchev–Trinajstić information content (AvgIpc) is 3.03. The summed E-state index contributed by atoms with van der Waals surface area (Å²) in [6.45, 7) is 1.84. The Morgan fingerprint density at radius 2 is 2.30 bits per heavy atom. The fraction of sp³-hybridized carbons (Fsp3) is 0.471. The summed E-state index contributed by atoms with van der Waals surface area (Å²) in [5.41, 5.74) is 2.57. The number of ether oxygens (including phenoxy) is 1. The third-order valence-corrected chi connectivity index (χ3v) is 4.49. The second-order valence-corrected chi connectivity index (χ2v) is 5.92. The zero-order valence-corrected chi connectivity index (χ0v) is 13.3. The van der Waals surface area contributed by atoms with E-state index in [2.05, 4.69) is 15.1 Å². The Morgan fingerprint density at radius 1 is 1.43 bits per heavy atom. The summed E-state index contributed by atoms with van der Waals surface area (Å²) in [5.74, 6) is -0.164. The number of hydrogen-bond acceptors (Lipinski definition) is 4. The van der Waals surface area contributed by atoms with E-state index in [4.69, 9.17) is 4.74 Å². The number of aliphatic hydroxyl groups excluding tert-OH is 1. The Bertz CT molecular complexity index is 659. The second-order valence-electron chi connectivity index (χ2n) is 5.92. The van der Waals surface area contributed by atoms with Crippen LogP contribution in [0.4, 0.5) is 4.39 Å². The third kappa shape index (κ3) is 3.38. The molecule has 1 saturated heterocycles. The molecular weight excluding hydrogens is 297 g/mol. The predicted octanol–water partition coefficient (Wildman–Crippen LogP) is 2.57. The molecule has 2 N–H and O–H groups in total. The van der Waals surface area contributed by atoms with Gasteiger partial charge in [-0.15, -0.1) is 0 Å². The Balaban J connectivity index is 1.83. The summed E-state index contributed by atoms with van der Waals surface area (Å²) in [4.78, 5) is 2.28. The van der Waals surface area contributed by atoms with Crippen molar-refractivity contribution in [2.75, 3.05) is 20.3 Å². The number of nitrogens with one attached hydrogen (secondary N) is 1. The normalized spacial score (nSPS) is 19.0. The van der Waals surface area contributed by atoms with Gasteiger partial charge in [0.05, 0.1) is 25.6 Å². The summed E-state index contributed by atoms with van der Waals surface area (Å²) in [5, 5.41) is 16.6. The molecule has 5 nitrogen and oxygen atoms in total. The van der Waals surface area contributed by atoms with E-state index in [9.17, 15) is 9.50 Å². The van der Waals surface area contributed by atoms with E-state index < -0.39 is 5.82 Å². The van der Waals surface area contributed by atoms with Gasteiger partial charge in [-0.1, -0.05) is 6.42 Å². The average molecular weight is 319 g/mol. The lowest BCUT2D eigenvalue weighted by atomic mass is 10.0. The highest BCUT2D eigenvalue weighted by molar-refractivity contribution is 5.63. The number of nitrogens with zero attached hydrogens (tertiary/aromatic N) is 2. The van der Waals surface area contributed by atoms with Crippen molar-refractivity contribution in [3.8, 4) is 17.0 Å². The van der Waals surface area contributed by atoms with Gasteiger partial charge in [0.1, 0.15) is 0 Å². The smallest absolute Gasteiger partial charge is 0.165 e. The molecule has 0 aliphatic carbocycles. The van der Waals surface area contributed by atoms with E-state index in [1.165, 1.54) is 13.2 Å². The van der Waals surface area contributed by atoms with Crippen LogP contribution in [-0.2, 0) is 6.54 Å². The number of hydrogen-bond donors (Lipinski definition) is 2. The van der Waals surface area contributed by atoms with Gasteiger partial charge in [0.25, 0.3) is 0 Å². The molecule has 1 aromatic heterocycles. The third-order valence-electron chi connectivity index (χ3n) is 4.49. The first-order chi connectivity index (χ1) is 11.2. The number of methoxy groups -OCH3 is 1. The minimum Gasteiger partial charge on any atom is -0.494 e. The summed E-state index contributed by atoms with van der Waals surface area (Å²) < 4.78 is 18.9. The van der Waals surface area contributed by atoms with Gasteiger partial charge in [-0.3, -0.25) is 10.00 Å². The molecule has 1 unspecified atom stereocenters. The monoisotopic (exact) mass is 319 g/mol. The lowest BCUT2D eigenvalue weighted by Crippen LogP contribution is -2.41. The fourth-order valence-corrected chi connectivity index (χ4v) is 3.20. The van der Waals surface area contributed by atoms with Gasteiger partial charge >= 0.3 is 0 Å². The molecule has 124 valence electrons. The van der Waals surface area contributed by atoms with Crippen LogP contribution in [0.25, 0.3) is 11.3 Å².